The van der Waals surface area contributed by atoms with Crippen LogP contribution >= 0.6 is 10.6 Å². The Morgan fingerprint density at radius 2 is 1.33 bits per heavy atom. The van der Waals surface area contributed by atoms with Gasteiger partial charge in [-0.25, -0.2) is 0 Å². The predicted octanol–water partition coefficient (Wildman–Crippen LogP) is 2.56. The molecule has 0 bridgehead atoms. The average molecular weight is 152 g/mol. The molecule has 0 saturated carbocycles. The van der Waals surface area contributed by atoms with Crippen LogP contribution < -0.4 is 0 Å². The quantitative estimate of drug-likeness (QED) is 0.560. The molecule has 0 aromatic carbocycles. The summed E-state index contributed by atoms with van der Waals surface area (Å²) in [4.78, 5) is 0. The minimum atomic E-state index is -2.05. The van der Waals surface area contributed by atoms with Crippen LogP contribution in [0, 0.1) is 0 Å². The molecular formula is C6H16O2S. The van der Waals surface area contributed by atoms with Crippen molar-refractivity contribution in [2.45, 2.75) is 26.7 Å². The Bertz CT molecular complexity index is 65.5. The van der Waals surface area contributed by atoms with Crippen LogP contribution in [-0.2, 0) is 0 Å². The summed E-state index contributed by atoms with van der Waals surface area (Å²) in [5.41, 5.74) is 0. The smallest absolute Gasteiger partial charge is 0.0374 e. The topological polar surface area (TPSA) is 40.5 Å². The van der Waals surface area contributed by atoms with Gasteiger partial charge in [-0.3, -0.25) is 9.11 Å². The first-order valence-electron chi connectivity index (χ1n) is 3.44. The maximum atomic E-state index is 8.83. The number of hydrogen-bond donors (Lipinski definition) is 2. The fraction of sp³-hybridized carbons (Fsp3) is 1.00. The normalized spacial score (nSPS) is 26.2. The molecule has 1 aliphatic heterocycles. The highest BCUT2D eigenvalue weighted by Crippen LogP contribution is 2.45. The van der Waals surface area contributed by atoms with E-state index < -0.39 is 10.6 Å². The molecular weight excluding hydrogens is 136 g/mol. The van der Waals surface area contributed by atoms with Crippen LogP contribution in [0.1, 0.15) is 26.7 Å². The Kier molecular flexibility index (Phi) is 4.27. The Hall–Kier alpha value is 0.270. The van der Waals surface area contributed by atoms with Crippen molar-refractivity contribution >= 4 is 10.6 Å². The molecule has 0 aromatic rings. The maximum absolute atomic E-state index is 8.83. The maximum Gasteiger partial charge on any atom is 0.0374 e. The Balaban J connectivity index is 0.000000291. The van der Waals surface area contributed by atoms with Gasteiger partial charge in [-0.1, -0.05) is 13.8 Å². The molecule has 3 heteroatoms. The van der Waals surface area contributed by atoms with Gasteiger partial charge in [0.15, 0.2) is 0 Å². The molecule has 0 spiro atoms. The van der Waals surface area contributed by atoms with E-state index in [0.29, 0.717) is 11.5 Å². The monoisotopic (exact) mass is 152 g/mol. The Morgan fingerprint density at radius 1 is 1.00 bits per heavy atom. The van der Waals surface area contributed by atoms with Crippen molar-refractivity contribution in [3.8, 4) is 0 Å². The Labute approximate surface area is 58.6 Å². The Morgan fingerprint density at radius 3 is 1.44 bits per heavy atom. The lowest BCUT2D eigenvalue weighted by Crippen LogP contribution is -1.95. The zero-order chi connectivity index (χ0) is 7.33. The van der Waals surface area contributed by atoms with Gasteiger partial charge in [0, 0.05) is 11.5 Å². The first-order valence-corrected chi connectivity index (χ1v) is 5.33. The summed E-state index contributed by atoms with van der Waals surface area (Å²) in [6, 6.07) is 0. The van der Waals surface area contributed by atoms with Crippen molar-refractivity contribution in [1.29, 1.82) is 0 Å². The zero-order valence-electron chi connectivity index (χ0n) is 6.13. The molecule has 0 radical (unpaired) electrons. The van der Waals surface area contributed by atoms with Gasteiger partial charge in [0.1, 0.15) is 0 Å². The average Bonchev–Trinajstić information content (AvgIpc) is 2.19. The van der Waals surface area contributed by atoms with Crippen molar-refractivity contribution in [2.24, 2.45) is 0 Å². The van der Waals surface area contributed by atoms with Gasteiger partial charge in [-0.15, -0.1) is 0 Å². The van der Waals surface area contributed by atoms with Crippen LogP contribution in [0.3, 0.4) is 0 Å². The van der Waals surface area contributed by atoms with E-state index in [2.05, 4.69) is 0 Å². The summed E-state index contributed by atoms with van der Waals surface area (Å²) in [5, 5.41) is 0. The van der Waals surface area contributed by atoms with Crippen LogP contribution in [0.25, 0.3) is 0 Å². The van der Waals surface area contributed by atoms with Gasteiger partial charge in [-0.2, -0.15) is 10.6 Å². The van der Waals surface area contributed by atoms with E-state index in [1.165, 1.54) is 0 Å². The molecule has 0 aromatic heterocycles. The molecule has 1 rings (SSSR count). The second-order valence-corrected chi connectivity index (χ2v) is 4.34. The molecule has 58 valence electrons. The molecule has 1 fully saturated rings. The first kappa shape index (κ1) is 9.27. The van der Waals surface area contributed by atoms with Crippen molar-refractivity contribution in [3.63, 3.8) is 0 Å². The van der Waals surface area contributed by atoms with E-state index in [0.717, 1.165) is 12.8 Å². The molecule has 2 nitrogen and oxygen atoms in total. The zero-order valence-corrected chi connectivity index (χ0v) is 6.95. The minimum absolute atomic E-state index is 0.646. The van der Waals surface area contributed by atoms with Gasteiger partial charge in [0.25, 0.3) is 0 Å². The summed E-state index contributed by atoms with van der Waals surface area (Å²) < 4.78 is 17.7. The standard InChI is InChI=1S/C4H10O2S.C2H6/c5-7(6)3-1-2-4-7;1-2/h5-6H,1-4H2;1-2H3. The lowest BCUT2D eigenvalue weighted by molar-refractivity contribution is 0.495. The van der Waals surface area contributed by atoms with Crippen molar-refractivity contribution in [1.82, 2.24) is 0 Å². The molecule has 0 atom stereocenters. The van der Waals surface area contributed by atoms with Crippen LogP contribution in [-0.4, -0.2) is 20.6 Å². The van der Waals surface area contributed by atoms with Gasteiger partial charge >= 0.3 is 0 Å². The highest BCUT2D eigenvalue weighted by atomic mass is 32.3. The lowest BCUT2D eigenvalue weighted by Gasteiger charge is -2.24. The second kappa shape index (κ2) is 4.14. The summed E-state index contributed by atoms with van der Waals surface area (Å²) in [6.07, 6.45) is 2.00. The van der Waals surface area contributed by atoms with E-state index in [4.69, 9.17) is 9.11 Å². The van der Waals surface area contributed by atoms with Crippen LogP contribution in [0.4, 0.5) is 0 Å². The largest absolute Gasteiger partial charge is 0.299 e. The van der Waals surface area contributed by atoms with Gasteiger partial charge in [0.05, 0.1) is 0 Å². The van der Waals surface area contributed by atoms with E-state index in [1.807, 2.05) is 13.8 Å². The summed E-state index contributed by atoms with van der Waals surface area (Å²) in [7, 11) is -2.05. The molecule has 0 unspecified atom stereocenters. The van der Waals surface area contributed by atoms with E-state index in [1.54, 1.807) is 0 Å². The third kappa shape index (κ3) is 3.78. The summed E-state index contributed by atoms with van der Waals surface area (Å²) >= 11 is 0. The minimum Gasteiger partial charge on any atom is -0.299 e. The van der Waals surface area contributed by atoms with E-state index >= 15 is 0 Å². The molecule has 0 amide bonds. The summed E-state index contributed by atoms with van der Waals surface area (Å²) in [5.74, 6) is 1.29. The highest BCUT2D eigenvalue weighted by Gasteiger charge is 2.17. The van der Waals surface area contributed by atoms with Crippen LogP contribution in [0.2, 0.25) is 0 Å². The molecule has 2 N–H and O–H groups in total. The van der Waals surface area contributed by atoms with Crippen molar-refractivity contribution in [3.05, 3.63) is 0 Å². The number of hydrogen-bond acceptors (Lipinski definition) is 2. The van der Waals surface area contributed by atoms with Crippen molar-refractivity contribution < 1.29 is 9.11 Å². The van der Waals surface area contributed by atoms with Gasteiger partial charge in [-0.05, 0) is 12.8 Å². The molecule has 1 heterocycles. The fourth-order valence-electron chi connectivity index (χ4n) is 0.769. The second-order valence-electron chi connectivity index (χ2n) is 1.92. The third-order valence-electron chi connectivity index (χ3n) is 1.19. The number of rotatable bonds is 0. The van der Waals surface area contributed by atoms with E-state index in [-0.39, 0.29) is 0 Å². The third-order valence-corrected chi connectivity index (χ3v) is 3.08. The lowest BCUT2D eigenvalue weighted by atomic mass is 10.4. The van der Waals surface area contributed by atoms with Crippen LogP contribution in [0.5, 0.6) is 0 Å². The van der Waals surface area contributed by atoms with Gasteiger partial charge in [0.2, 0.25) is 0 Å². The van der Waals surface area contributed by atoms with E-state index in [9.17, 15) is 0 Å². The van der Waals surface area contributed by atoms with Crippen LogP contribution in [0.15, 0.2) is 0 Å². The molecule has 9 heavy (non-hydrogen) atoms. The predicted molar refractivity (Wildman–Crippen MR) is 43.2 cm³/mol. The highest BCUT2D eigenvalue weighted by molar-refractivity contribution is 8.24. The molecule has 0 aliphatic carbocycles. The fourth-order valence-corrected chi connectivity index (χ4v) is 2.31. The van der Waals surface area contributed by atoms with Crippen molar-refractivity contribution in [2.75, 3.05) is 11.5 Å². The first-order chi connectivity index (χ1) is 4.21. The summed E-state index contributed by atoms with van der Waals surface area (Å²) in [6.45, 7) is 4.00. The molecule has 1 saturated heterocycles. The van der Waals surface area contributed by atoms with Gasteiger partial charge < -0.3 is 0 Å². The molecule has 1 aliphatic rings. The SMILES string of the molecule is CC.OS1(O)CCCC1.